The van der Waals surface area contributed by atoms with Crippen molar-refractivity contribution in [1.29, 1.82) is 0 Å². The van der Waals surface area contributed by atoms with Gasteiger partial charge < -0.3 is 24.7 Å². The van der Waals surface area contributed by atoms with Crippen LogP contribution in [0.1, 0.15) is 32.4 Å². The van der Waals surface area contributed by atoms with Gasteiger partial charge in [-0.1, -0.05) is 35.7 Å². The molecule has 0 spiro atoms. The largest absolute Gasteiger partial charge is 0.381 e. The molecule has 0 amide bonds. The number of hydrogen-bond donors (Lipinski definition) is 2. The van der Waals surface area contributed by atoms with E-state index in [0.29, 0.717) is 31.4 Å². The van der Waals surface area contributed by atoms with Crippen LogP contribution in [0.4, 0.5) is 11.4 Å². The Kier molecular flexibility index (Phi) is 7.95. The van der Waals surface area contributed by atoms with Crippen molar-refractivity contribution in [3.8, 4) is 0 Å². The molecule has 7 nitrogen and oxygen atoms in total. The Labute approximate surface area is 238 Å². The fourth-order valence-electron chi connectivity index (χ4n) is 5.84. The standard InChI is InChI=1S/C30H36N4O3S2/c1-19(15-33-16-20(2)37-21(3)17-33)32-22-9-10-26-28(14-22)38-27-8-4-6-23(29(27)39-26)25-18-34(12-13-36-25)24-7-5-11-31-30(24)35/h4-11,14,19-21,25,32H,12-13,15-18H2,1-3H3,(H,31,35). The number of hydrogen-bond acceptors (Lipinski definition) is 8. The van der Waals surface area contributed by atoms with Crippen LogP contribution in [-0.2, 0) is 9.47 Å². The molecule has 2 fully saturated rings. The van der Waals surface area contributed by atoms with Crippen LogP contribution in [0.15, 0.2) is 79.1 Å². The minimum atomic E-state index is -0.0876. The highest BCUT2D eigenvalue weighted by atomic mass is 32.2. The van der Waals surface area contributed by atoms with Crippen molar-refractivity contribution < 1.29 is 9.47 Å². The van der Waals surface area contributed by atoms with Crippen LogP contribution in [0, 0.1) is 0 Å². The summed E-state index contributed by atoms with van der Waals surface area (Å²) in [4.78, 5) is 24.9. The average molecular weight is 565 g/mol. The number of aromatic amines is 1. The molecule has 1 aromatic heterocycles. The summed E-state index contributed by atoms with van der Waals surface area (Å²) in [6, 6.07) is 17.3. The number of nitrogens with one attached hydrogen (secondary N) is 2. The van der Waals surface area contributed by atoms with Crippen LogP contribution in [0.25, 0.3) is 0 Å². The van der Waals surface area contributed by atoms with Gasteiger partial charge in [0.2, 0.25) is 0 Å². The summed E-state index contributed by atoms with van der Waals surface area (Å²) in [5.41, 5.74) is 3.00. The number of H-pyrrole nitrogens is 1. The number of anilines is 2. The van der Waals surface area contributed by atoms with E-state index in [1.165, 1.54) is 25.1 Å². The Hall–Kier alpha value is -2.43. The number of aromatic nitrogens is 1. The molecule has 4 unspecified atom stereocenters. The molecule has 3 aliphatic rings. The second kappa shape index (κ2) is 11.6. The summed E-state index contributed by atoms with van der Waals surface area (Å²) in [5, 5.41) is 3.72. The lowest BCUT2D eigenvalue weighted by molar-refractivity contribution is -0.0683. The number of pyridine rings is 1. The third-order valence-corrected chi connectivity index (χ3v) is 9.99. The summed E-state index contributed by atoms with van der Waals surface area (Å²) in [6.07, 6.45) is 2.16. The fraction of sp³-hybridized carbons (Fsp3) is 0.433. The lowest BCUT2D eigenvalue weighted by Crippen LogP contribution is -2.48. The molecule has 9 heteroatoms. The molecule has 0 saturated carbocycles. The van der Waals surface area contributed by atoms with Crippen molar-refractivity contribution in [2.45, 2.75) is 64.7 Å². The van der Waals surface area contributed by atoms with E-state index < -0.39 is 0 Å². The smallest absolute Gasteiger partial charge is 0.271 e. The zero-order valence-corrected chi connectivity index (χ0v) is 24.3. The molecule has 3 aromatic rings. The molecule has 2 saturated heterocycles. The topological polar surface area (TPSA) is 69.8 Å². The van der Waals surface area contributed by atoms with E-state index in [0.717, 1.165) is 25.3 Å². The number of morpholine rings is 2. The van der Waals surface area contributed by atoms with Gasteiger partial charge in [-0.2, -0.15) is 0 Å². The third kappa shape index (κ3) is 6.02. The number of fused-ring (bicyclic) bond motifs is 2. The molecule has 4 atom stereocenters. The number of ether oxygens (including phenoxy) is 2. The van der Waals surface area contributed by atoms with Crippen molar-refractivity contribution in [1.82, 2.24) is 9.88 Å². The van der Waals surface area contributed by atoms with Crippen LogP contribution in [0.3, 0.4) is 0 Å². The van der Waals surface area contributed by atoms with Crippen LogP contribution in [0.2, 0.25) is 0 Å². The Balaban J connectivity index is 1.15. The van der Waals surface area contributed by atoms with Gasteiger partial charge in [0.25, 0.3) is 5.56 Å². The second-order valence-corrected chi connectivity index (χ2v) is 12.9. The highest BCUT2D eigenvalue weighted by Crippen LogP contribution is 2.51. The molecule has 206 valence electrons. The maximum Gasteiger partial charge on any atom is 0.271 e. The van der Waals surface area contributed by atoms with Crippen LogP contribution < -0.4 is 15.8 Å². The molecule has 3 aliphatic heterocycles. The molecule has 2 aromatic carbocycles. The van der Waals surface area contributed by atoms with Gasteiger partial charge in [-0.3, -0.25) is 9.69 Å². The van der Waals surface area contributed by atoms with Crippen molar-refractivity contribution in [2.75, 3.05) is 49.5 Å². The normalized spacial score (nSPS) is 24.1. The number of benzene rings is 2. The first-order valence-corrected chi connectivity index (χ1v) is 15.4. The summed E-state index contributed by atoms with van der Waals surface area (Å²) in [7, 11) is 0. The minimum absolute atomic E-state index is 0.0557. The molecule has 2 N–H and O–H groups in total. The molecular formula is C30H36N4O3S2. The summed E-state index contributed by atoms with van der Waals surface area (Å²) in [6.45, 7) is 11.5. The molecular weight excluding hydrogens is 528 g/mol. The first-order chi connectivity index (χ1) is 18.9. The van der Waals surface area contributed by atoms with Gasteiger partial charge in [-0.15, -0.1) is 0 Å². The predicted molar refractivity (Wildman–Crippen MR) is 159 cm³/mol. The molecule has 6 rings (SSSR count). The van der Waals surface area contributed by atoms with Gasteiger partial charge in [0, 0.05) is 70.2 Å². The zero-order valence-electron chi connectivity index (χ0n) is 22.7. The molecule has 0 aliphatic carbocycles. The Morgan fingerprint density at radius 3 is 2.69 bits per heavy atom. The fourth-order valence-corrected chi connectivity index (χ4v) is 8.29. The zero-order chi connectivity index (χ0) is 26.9. The molecule has 4 heterocycles. The van der Waals surface area contributed by atoms with Gasteiger partial charge in [0.15, 0.2) is 0 Å². The van der Waals surface area contributed by atoms with E-state index in [2.05, 4.69) is 77.3 Å². The van der Waals surface area contributed by atoms with Crippen LogP contribution >= 0.6 is 23.5 Å². The van der Waals surface area contributed by atoms with Gasteiger partial charge in [-0.05, 0) is 62.7 Å². The highest BCUT2D eigenvalue weighted by Gasteiger charge is 2.29. The highest BCUT2D eigenvalue weighted by molar-refractivity contribution is 8.05. The van der Waals surface area contributed by atoms with Gasteiger partial charge in [0.05, 0.1) is 18.8 Å². The maximum absolute atomic E-state index is 12.4. The van der Waals surface area contributed by atoms with E-state index in [1.807, 2.05) is 35.7 Å². The van der Waals surface area contributed by atoms with E-state index in [9.17, 15) is 4.79 Å². The Morgan fingerprint density at radius 2 is 1.87 bits per heavy atom. The average Bonchev–Trinajstić information content (AvgIpc) is 2.91. The van der Waals surface area contributed by atoms with Gasteiger partial charge in [-0.25, -0.2) is 0 Å². The summed E-state index contributed by atoms with van der Waals surface area (Å²) in [5.74, 6) is 0. The molecule has 0 radical (unpaired) electrons. The quantitative estimate of drug-likeness (QED) is 0.319. The second-order valence-electron chi connectivity index (χ2n) is 10.8. The third-order valence-electron chi connectivity index (χ3n) is 7.38. The first-order valence-electron chi connectivity index (χ1n) is 13.7. The van der Waals surface area contributed by atoms with E-state index in [-0.39, 0.29) is 23.9 Å². The van der Waals surface area contributed by atoms with Gasteiger partial charge in [0.1, 0.15) is 11.8 Å². The minimum Gasteiger partial charge on any atom is -0.381 e. The monoisotopic (exact) mass is 564 g/mol. The van der Waals surface area contributed by atoms with E-state index in [1.54, 1.807) is 6.20 Å². The van der Waals surface area contributed by atoms with Crippen LogP contribution in [0.5, 0.6) is 0 Å². The van der Waals surface area contributed by atoms with E-state index in [4.69, 9.17) is 9.47 Å². The molecule has 0 bridgehead atoms. The SMILES string of the molecule is CC(CN1CC(C)OC(C)C1)Nc1ccc2c(c1)Sc1cccc(C3CN(c4ccc[nH]c4=O)CCO3)c1S2. The summed E-state index contributed by atoms with van der Waals surface area (Å²) < 4.78 is 12.1. The van der Waals surface area contributed by atoms with Crippen molar-refractivity contribution in [3.63, 3.8) is 0 Å². The Bertz CT molecular complexity index is 1370. The van der Waals surface area contributed by atoms with Crippen molar-refractivity contribution >= 4 is 34.9 Å². The first kappa shape index (κ1) is 26.8. The number of rotatable bonds is 6. The number of nitrogens with zero attached hydrogens (tertiary/aromatic N) is 2. The summed E-state index contributed by atoms with van der Waals surface area (Å²) >= 11 is 3.65. The van der Waals surface area contributed by atoms with Crippen molar-refractivity contribution in [2.24, 2.45) is 0 Å². The predicted octanol–water partition coefficient (Wildman–Crippen LogP) is 5.48. The van der Waals surface area contributed by atoms with Gasteiger partial charge >= 0.3 is 0 Å². The lowest BCUT2D eigenvalue weighted by atomic mass is 10.1. The van der Waals surface area contributed by atoms with E-state index >= 15 is 0 Å². The Morgan fingerprint density at radius 1 is 1.03 bits per heavy atom. The van der Waals surface area contributed by atoms with Crippen molar-refractivity contribution in [3.05, 3.63) is 70.6 Å². The molecule has 39 heavy (non-hydrogen) atoms. The van der Waals surface area contributed by atoms with Crippen LogP contribution in [-0.4, -0.2) is 67.5 Å². The maximum atomic E-state index is 12.4. The lowest BCUT2D eigenvalue weighted by Gasteiger charge is -2.37.